The van der Waals surface area contributed by atoms with Gasteiger partial charge in [0.25, 0.3) is 0 Å². The summed E-state index contributed by atoms with van der Waals surface area (Å²) in [5, 5.41) is 0. The quantitative estimate of drug-likeness (QED) is 0.478. The van der Waals surface area contributed by atoms with Gasteiger partial charge in [0, 0.05) is 0 Å². The molecule has 0 aliphatic rings. The minimum absolute atomic E-state index is 0.188. The third-order valence-electron chi connectivity index (χ3n) is 2.08. The zero-order chi connectivity index (χ0) is 15.6. The molecule has 0 unspecified atom stereocenters. The van der Waals surface area contributed by atoms with Crippen molar-refractivity contribution in [1.82, 2.24) is 0 Å². The van der Waals surface area contributed by atoms with Gasteiger partial charge in [-0.25, -0.2) is 4.79 Å². The van der Waals surface area contributed by atoms with E-state index in [0.29, 0.717) is 0 Å². The molecule has 1 aromatic rings. The number of alkyl halides is 3. The van der Waals surface area contributed by atoms with Crippen molar-refractivity contribution in [2.75, 3.05) is 14.2 Å². The van der Waals surface area contributed by atoms with E-state index in [1.165, 1.54) is 6.07 Å². The highest BCUT2D eigenvalue weighted by Gasteiger charge is 2.49. The molecule has 0 atom stereocenters. The smallest absolute Gasteiger partial charge is 0.496 e. The molecule has 0 spiro atoms. The Morgan fingerprint density at radius 2 is 1.70 bits per heavy atom. The monoisotopic (exact) mass is 314 g/mol. The molecule has 20 heavy (non-hydrogen) atoms. The van der Waals surface area contributed by atoms with Gasteiger partial charge in [-0.05, 0) is 12.1 Å². The number of ether oxygens (including phenoxy) is 2. The molecule has 0 saturated heterocycles. The number of esters is 1. The van der Waals surface area contributed by atoms with E-state index in [4.69, 9.17) is 4.74 Å². The molecular weight excluding hydrogens is 305 g/mol. The van der Waals surface area contributed by atoms with Crippen LogP contribution in [0.2, 0.25) is 0 Å². The fourth-order valence-electron chi connectivity index (χ4n) is 1.22. The van der Waals surface area contributed by atoms with Crippen LogP contribution in [-0.4, -0.2) is 34.1 Å². The Morgan fingerprint density at radius 3 is 2.15 bits per heavy atom. The van der Waals surface area contributed by atoms with Gasteiger partial charge in [0.15, 0.2) is 5.75 Å². The van der Waals surface area contributed by atoms with Crippen LogP contribution in [0.3, 0.4) is 0 Å². The lowest BCUT2D eigenvalue weighted by Gasteiger charge is -2.14. The summed E-state index contributed by atoms with van der Waals surface area (Å²) in [6.45, 7) is 0. The summed E-state index contributed by atoms with van der Waals surface area (Å²) in [7, 11) is -3.79. The van der Waals surface area contributed by atoms with Crippen molar-refractivity contribution >= 4 is 16.1 Å². The van der Waals surface area contributed by atoms with Crippen LogP contribution >= 0.6 is 0 Å². The zero-order valence-electron chi connectivity index (χ0n) is 10.2. The summed E-state index contributed by atoms with van der Waals surface area (Å²) in [6, 6.07) is 3.27. The van der Waals surface area contributed by atoms with Gasteiger partial charge in [-0.3, -0.25) is 0 Å². The minimum Gasteiger partial charge on any atom is -0.496 e. The highest BCUT2D eigenvalue weighted by molar-refractivity contribution is 7.88. The normalized spacial score (nSPS) is 11.8. The highest BCUT2D eigenvalue weighted by atomic mass is 32.2. The number of rotatable bonds is 4. The largest absolute Gasteiger partial charge is 0.534 e. The molecule has 6 nitrogen and oxygen atoms in total. The van der Waals surface area contributed by atoms with Gasteiger partial charge in [-0.2, -0.15) is 21.6 Å². The molecule has 1 rings (SSSR count). The first-order chi connectivity index (χ1) is 9.14. The SMILES string of the molecule is COC(=O)c1c(OC)cccc1OS(=O)(=O)C(F)(F)F. The molecule has 0 amide bonds. The number of hydrogen-bond acceptors (Lipinski definition) is 6. The second-order valence-corrected chi connectivity index (χ2v) is 4.85. The Labute approximate surface area is 112 Å². The molecular formula is C10H9F3O6S. The summed E-state index contributed by atoms with van der Waals surface area (Å²) in [6.07, 6.45) is 0. The van der Waals surface area contributed by atoms with Crippen LogP contribution in [0.25, 0.3) is 0 Å². The Kier molecular flexibility index (Phi) is 4.48. The average Bonchev–Trinajstić information content (AvgIpc) is 2.35. The topological polar surface area (TPSA) is 78.9 Å². The number of halogens is 3. The van der Waals surface area contributed by atoms with Crippen molar-refractivity contribution in [1.29, 1.82) is 0 Å². The number of hydrogen-bond donors (Lipinski definition) is 0. The van der Waals surface area contributed by atoms with Gasteiger partial charge in [-0.1, -0.05) is 6.07 Å². The summed E-state index contributed by atoms with van der Waals surface area (Å²) >= 11 is 0. The second-order valence-electron chi connectivity index (χ2n) is 3.31. The standard InChI is InChI=1S/C10H9F3O6S/c1-17-6-4-3-5-7(8(6)9(14)18-2)19-20(15,16)10(11,12)13/h3-5H,1-2H3. The number of carbonyl (C=O) groups excluding carboxylic acids is 1. The summed E-state index contributed by atoms with van der Waals surface area (Å²) < 4.78 is 71.7. The van der Waals surface area contributed by atoms with Gasteiger partial charge in [-0.15, -0.1) is 0 Å². The van der Waals surface area contributed by atoms with Gasteiger partial charge >= 0.3 is 21.6 Å². The van der Waals surface area contributed by atoms with Crippen molar-refractivity contribution < 1.29 is 40.0 Å². The molecule has 0 aliphatic heterocycles. The van der Waals surface area contributed by atoms with Crippen molar-refractivity contribution in [3.8, 4) is 11.5 Å². The van der Waals surface area contributed by atoms with E-state index in [1.807, 2.05) is 0 Å². The number of carbonyl (C=O) groups is 1. The molecule has 10 heteroatoms. The Hall–Kier alpha value is -1.97. The van der Waals surface area contributed by atoms with Crippen molar-refractivity contribution in [2.24, 2.45) is 0 Å². The average molecular weight is 314 g/mol. The van der Waals surface area contributed by atoms with Crippen molar-refractivity contribution in [3.05, 3.63) is 23.8 Å². The third-order valence-corrected chi connectivity index (χ3v) is 3.05. The lowest BCUT2D eigenvalue weighted by Crippen LogP contribution is -2.28. The molecule has 0 heterocycles. The maximum absolute atomic E-state index is 12.3. The Bertz CT molecular complexity index is 608. The molecule has 0 saturated carbocycles. The van der Waals surface area contributed by atoms with Crippen LogP contribution in [0.5, 0.6) is 11.5 Å². The molecule has 0 N–H and O–H groups in total. The summed E-state index contributed by atoms with van der Waals surface area (Å²) in [4.78, 5) is 11.5. The van der Waals surface area contributed by atoms with E-state index in [2.05, 4.69) is 8.92 Å². The Balaban J connectivity index is 3.37. The molecule has 0 fully saturated rings. The van der Waals surface area contributed by atoms with Gasteiger partial charge < -0.3 is 13.7 Å². The highest BCUT2D eigenvalue weighted by Crippen LogP contribution is 2.33. The van der Waals surface area contributed by atoms with Crippen LogP contribution in [0.1, 0.15) is 10.4 Å². The molecule has 112 valence electrons. The van der Waals surface area contributed by atoms with Crippen molar-refractivity contribution in [3.63, 3.8) is 0 Å². The van der Waals surface area contributed by atoms with Crippen LogP contribution < -0.4 is 8.92 Å². The predicted octanol–water partition coefficient (Wildman–Crippen LogP) is 1.71. The summed E-state index contributed by atoms with van der Waals surface area (Å²) in [5.74, 6) is -2.13. The van der Waals surface area contributed by atoms with Crippen LogP contribution in [0, 0.1) is 0 Å². The Morgan fingerprint density at radius 1 is 1.15 bits per heavy atom. The second kappa shape index (κ2) is 5.57. The summed E-state index contributed by atoms with van der Waals surface area (Å²) in [5.41, 5.74) is -6.19. The maximum Gasteiger partial charge on any atom is 0.534 e. The van der Waals surface area contributed by atoms with Crippen LogP contribution in [0.4, 0.5) is 13.2 Å². The van der Waals surface area contributed by atoms with Gasteiger partial charge in [0.1, 0.15) is 11.3 Å². The van der Waals surface area contributed by atoms with Gasteiger partial charge in [0.2, 0.25) is 0 Å². The predicted molar refractivity (Wildman–Crippen MR) is 59.9 cm³/mol. The maximum atomic E-state index is 12.3. The van der Waals surface area contributed by atoms with Crippen LogP contribution in [-0.2, 0) is 14.9 Å². The first kappa shape index (κ1) is 16.1. The van der Waals surface area contributed by atoms with E-state index in [9.17, 15) is 26.4 Å². The van der Waals surface area contributed by atoms with Crippen LogP contribution in [0.15, 0.2) is 18.2 Å². The van der Waals surface area contributed by atoms with Gasteiger partial charge in [0.05, 0.1) is 14.2 Å². The molecule has 0 radical (unpaired) electrons. The number of benzene rings is 1. The van der Waals surface area contributed by atoms with E-state index >= 15 is 0 Å². The lowest BCUT2D eigenvalue weighted by atomic mass is 10.2. The third kappa shape index (κ3) is 3.13. The molecule has 0 aliphatic carbocycles. The minimum atomic E-state index is -5.90. The van der Waals surface area contributed by atoms with E-state index < -0.39 is 32.9 Å². The van der Waals surface area contributed by atoms with Crippen molar-refractivity contribution in [2.45, 2.75) is 5.51 Å². The lowest BCUT2D eigenvalue weighted by molar-refractivity contribution is -0.0500. The molecule has 1 aromatic carbocycles. The van der Waals surface area contributed by atoms with E-state index in [-0.39, 0.29) is 5.75 Å². The first-order valence-electron chi connectivity index (χ1n) is 4.90. The molecule has 0 aromatic heterocycles. The number of methoxy groups -OCH3 is 2. The fourth-order valence-corrected chi connectivity index (χ4v) is 1.69. The fraction of sp³-hybridized carbons (Fsp3) is 0.300. The van der Waals surface area contributed by atoms with E-state index in [0.717, 1.165) is 26.4 Å². The van der Waals surface area contributed by atoms with E-state index in [1.54, 1.807) is 0 Å². The molecule has 0 bridgehead atoms. The first-order valence-corrected chi connectivity index (χ1v) is 6.31. The zero-order valence-corrected chi connectivity index (χ0v) is 11.0.